The van der Waals surface area contributed by atoms with Crippen LogP contribution in [0.1, 0.15) is 44.1 Å². The van der Waals surface area contributed by atoms with Gasteiger partial charge in [-0.15, -0.1) is 0 Å². The fourth-order valence-corrected chi connectivity index (χ4v) is 3.84. The minimum absolute atomic E-state index is 0.223. The smallest absolute Gasteiger partial charge is 0.219 e. The molecule has 1 aromatic carbocycles. The molecule has 1 N–H and O–H groups in total. The van der Waals surface area contributed by atoms with E-state index < -0.39 is 0 Å². The van der Waals surface area contributed by atoms with Crippen LogP contribution in [0.2, 0.25) is 0 Å². The Labute approximate surface area is 121 Å². The third-order valence-electron chi connectivity index (χ3n) is 4.83. The second-order valence-corrected chi connectivity index (χ2v) is 6.09. The second-order valence-electron chi connectivity index (χ2n) is 6.09. The zero-order valence-corrected chi connectivity index (χ0v) is 12.2. The van der Waals surface area contributed by atoms with Gasteiger partial charge in [0.2, 0.25) is 5.91 Å². The van der Waals surface area contributed by atoms with Gasteiger partial charge in [-0.1, -0.05) is 43.2 Å². The van der Waals surface area contributed by atoms with Crippen LogP contribution >= 0.6 is 0 Å². The quantitative estimate of drug-likeness (QED) is 0.852. The molecule has 0 bridgehead atoms. The zero-order valence-electron chi connectivity index (χ0n) is 12.2. The molecule has 3 nitrogen and oxygen atoms in total. The number of fused-ring (bicyclic) bond motifs is 1. The number of carbonyl (C=O) groups excluding carboxylic acids is 1. The van der Waals surface area contributed by atoms with Gasteiger partial charge in [0.05, 0.1) is 0 Å². The van der Waals surface area contributed by atoms with Crippen LogP contribution in [-0.4, -0.2) is 36.0 Å². The molecule has 0 spiro atoms. The monoisotopic (exact) mass is 272 g/mol. The highest BCUT2D eigenvalue weighted by atomic mass is 16.2. The Kier molecular flexibility index (Phi) is 4.06. The molecule has 1 amide bonds. The van der Waals surface area contributed by atoms with E-state index >= 15 is 0 Å². The summed E-state index contributed by atoms with van der Waals surface area (Å²) in [6.45, 7) is 3.65. The van der Waals surface area contributed by atoms with Crippen LogP contribution in [-0.2, 0) is 4.79 Å². The standard InChI is InChI=1S/C17H24N2O/c1-13(20)19-12-15(14-8-4-2-5-9-14)17-16(19)10-6-3-7-11-18-17/h2,4-5,8-9,15-18H,3,6-7,10-12H2,1H3. The van der Waals surface area contributed by atoms with Crippen LogP contribution in [0.4, 0.5) is 0 Å². The van der Waals surface area contributed by atoms with Crippen molar-refractivity contribution in [2.24, 2.45) is 0 Å². The van der Waals surface area contributed by atoms with E-state index in [0.29, 0.717) is 18.0 Å². The fourth-order valence-electron chi connectivity index (χ4n) is 3.84. The fraction of sp³-hybridized carbons (Fsp3) is 0.588. The van der Waals surface area contributed by atoms with E-state index in [4.69, 9.17) is 0 Å². The Bertz CT molecular complexity index is 459. The van der Waals surface area contributed by atoms with E-state index in [1.807, 2.05) is 0 Å². The summed E-state index contributed by atoms with van der Waals surface area (Å²) in [5.74, 6) is 0.656. The van der Waals surface area contributed by atoms with Crippen molar-refractivity contribution in [3.8, 4) is 0 Å². The summed E-state index contributed by atoms with van der Waals surface area (Å²) >= 11 is 0. The van der Waals surface area contributed by atoms with Gasteiger partial charge in [0.25, 0.3) is 0 Å². The number of rotatable bonds is 1. The van der Waals surface area contributed by atoms with Crippen LogP contribution in [0.3, 0.4) is 0 Å². The predicted octanol–water partition coefficient (Wildman–Crippen LogP) is 2.53. The first kappa shape index (κ1) is 13.6. The van der Waals surface area contributed by atoms with Crippen LogP contribution < -0.4 is 5.32 Å². The lowest BCUT2D eigenvalue weighted by atomic mass is 9.88. The molecule has 1 aromatic rings. The van der Waals surface area contributed by atoms with Gasteiger partial charge in [-0.2, -0.15) is 0 Å². The molecule has 3 unspecified atom stereocenters. The predicted molar refractivity (Wildman–Crippen MR) is 80.6 cm³/mol. The van der Waals surface area contributed by atoms with E-state index in [-0.39, 0.29) is 5.91 Å². The molecule has 20 heavy (non-hydrogen) atoms. The number of nitrogens with zero attached hydrogens (tertiary/aromatic N) is 1. The summed E-state index contributed by atoms with van der Waals surface area (Å²) in [5, 5.41) is 3.72. The average molecular weight is 272 g/mol. The van der Waals surface area contributed by atoms with E-state index in [1.165, 1.54) is 24.8 Å². The van der Waals surface area contributed by atoms with E-state index in [9.17, 15) is 4.79 Å². The molecule has 2 heterocycles. The molecule has 0 saturated carbocycles. The maximum atomic E-state index is 12.0. The number of likely N-dealkylation sites (tertiary alicyclic amines) is 1. The van der Waals surface area contributed by atoms with Crippen LogP contribution in [0, 0.1) is 0 Å². The maximum Gasteiger partial charge on any atom is 0.219 e. The first-order chi connectivity index (χ1) is 9.77. The van der Waals surface area contributed by atoms with Gasteiger partial charge in [-0.25, -0.2) is 0 Å². The topological polar surface area (TPSA) is 32.3 Å². The van der Waals surface area contributed by atoms with Crippen molar-refractivity contribution >= 4 is 5.91 Å². The maximum absolute atomic E-state index is 12.0. The largest absolute Gasteiger partial charge is 0.338 e. The van der Waals surface area contributed by atoms with E-state index in [1.54, 1.807) is 6.92 Å². The molecular formula is C17H24N2O. The molecule has 3 rings (SSSR count). The number of carbonyl (C=O) groups is 1. The van der Waals surface area contributed by atoms with Crippen molar-refractivity contribution < 1.29 is 4.79 Å². The lowest BCUT2D eigenvalue weighted by Crippen LogP contribution is -2.46. The Morgan fingerprint density at radius 3 is 2.75 bits per heavy atom. The normalized spacial score (nSPS) is 30.4. The zero-order chi connectivity index (χ0) is 13.9. The Morgan fingerprint density at radius 1 is 1.20 bits per heavy atom. The van der Waals surface area contributed by atoms with Crippen molar-refractivity contribution in [3.63, 3.8) is 0 Å². The van der Waals surface area contributed by atoms with Crippen LogP contribution in [0.5, 0.6) is 0 Å². The Balaban J connectivity index is 1.88. The van der Waals surface area contributed by atoms with E-state index in [0.717, 1.165) is 19.5 Å². The molecule has 2 saturated heterocycles. The summed E-state index contributed by atoms with van der Waals surface area (Å²) in [6, 6.07) is 11.5. The van der Waals surface area contributed by atoms with Crippen molar-refractivity contribution in [3.05, 3.63) is 35.9 Å². The number of amides is 1. The first-order valence-electron chi connectivity index (χ1n) is 7.83. The Morgan fingerprint density at radius 2 is 2.00 bits per heavy atom. The molecular weight excluding hydrogens is 248 g/mol. The van der Waals surface area contributed by atoms with Crippen LogP contribution in [0.25, 0.3) is 0 Å². The molecule has 2 aliphatic rings. The summed E-state index contributed by atoms with van der Waals surface area (Å²) in [4.78, 5) is 14.1. The third-order valence-corrected chi connectivity index (χ3v) is 4.83. The molecule has 108 valence electrons. The van der Waals surface area contributed by atoms with Gasteiger partial charge in [-0.3, -0.25) is 4.79 Å². The van der Waals surface area contributed by atoms with Crippen molar-refractivity contribution in [2.75, 3.05) is 13.1 Å². The van der Waals surface area contributed by atoms with Gasteiger partial charge in [-0.05, 0) is 24.9 Å². The number of benzene rings is 1. The highest BCUT2D eigenvalue weighted by Gasteiger charge is 2.43. The molecule has 3 heteroatoms. The van der Waals surface area contributed by atoms with Crippen molar-refractivity contribution in [2.45, 2.75) is 50.6 Å². The van der Waals surface area contributed by atoms with Gasteiger partial charge < -0.3 is 10.2 Å². The Hall–Kier alpha value is -1.35. The number of nitrogens with one attached hydrogen (secondary N) is 1. The molecule has 0 aromatic heterocycles. The molecule has 0 radical (unpaired) electrons. The summed E-state index contributed by atoms with van der Waals surface area (Å²) < 4.78 is 0. The van der Waals surface area contributed by atoms with E-state index in [2.05, 4.69) is 40.5 Å². The molecule has 0 aliphatic carbocycles. The molecule has 3 atom stereocenters. The van der Waals surface area contributed by atoms with Gasteiger partial charge in [0.15, 0.2) is 0 Å². The lowest BCUT2D eigenvalue weighted by molar-refractivity contribution is -0.130. The summed E-state index contributed by atoms with van der Waals surface area (Å²) in [6.07, 6.45) is 4.91. The van der Waals surface area contributed by atoms with Gasteiger partial charge in [0.1, 0.15) is 0 Å². The highest BCUT2D eigenvalue weighted by molar-refractivity contribution is 5.74. The van der Waals surface area contributed by atoms with Gasteiger partial charge in [0, 0.05) is 31.5 Å². The molecule has 2 aliphatic heterocycles. The SMILES string of the molecule is CC(=O)N1CC(c2ccccc2)C2NCCCCCC21. The first-order valence-corrected chi connectivity index (χ1v) is 7.83. The molecule has 2 fully saturated rings. The minimum Gasteiger partial charge on any atom is -0.338 e. The average Bonchev–Trinajstić information content (AvgIpc) is 2.77. The summed E-state index contributed by atoms with van der Waals surface area (Å²) in [7, 11) is 0. The van der Waals surface area contributed by atoms with Crippen LogP contribution in [0.15, 0.2) is 30.3 Å². The lowest BCUT2D eigenvalue weighted by Gasteiger charge is -2.30. The second kappa shape index (κ2) is 5.96. The van der Waals surface area contributed by atoms with Gasteiger partial charge >= 0.3 is 0 Å². The number of hydrogen-bond donors (Lipinski definition) is 1. The third kappa shape index (κ3) is 2.59. The minimum atomic E-state index is 0.223. The highest BCUT2D eigenvalue weighted by Crippen LogP contribution is 2.35. The number of hydrogen-bond acceptors (Lipinski definition) is 2. The van der Waals surface area contributed by atoms with Crippen molar-refractivity contribution in [1.82, 2.24) is 10.2 Å². The van der Waals surface area contributed by atoms with Crippen molar-refractivity contribution in [1.29, 1.82) is 0 Å². The summed E-state index contributed by atoms with van der Waals surface area (Å²) in [5.41, 5.74) is 1.36.